The summed E-state index contributed by atoms with van der Waals surface area (Å²) in [5.74, 6) is 1.32. The first kappa shape index (κ1) is 19.9. The number of aryl methyl sites for hydroxylation is 1. The molecule has 158 valence electrons. The second kappa shape index (κ2) is 9.02. The standard InChI is InChI=1S/C27H24N4O/c32-27(30-24-12-6-10-19-7-4-5-11-23(19)24)21-13-15-22(16-14-21)29-25-17-18-28-26(31-25)20-8-2-1-3-9-20/h1-5,7-9,11,13-18,24H,6,10,12H2,(H,30,32)(H,28,29,31)/t24-/m1/s1. The smallest absolute Gasteiger partial charge is 0.251 e. The van der Waals surface area contributed by atoms with Gasteiger partial charge in [0.2, 0.25) is 0 Å². The zero-order chi connectivity index (χ0) is 21.8. The first-order valence-electron chi connectivity index (χ1n) is 10.9. The molecular weight excluding hydrogens is 396 g/mol. The van der Waals surface area contributed by atoms with Gasteiger partial charge in [0.05, 0.1) is 6.04 Å². The lowest BCUT2D eigenvalue weighted by Crippen LogP contribution is -2.30. The molecule has 0 radical (unpaired) electrons. The highest BCUT2D eigenvalue weighted by atomic mass is 16.1. The van der Waals surface area contributed by atoms with E-state index in [1.165, 1.54) is 11.1 Å². The van der Waals surface area contributed by atoms with E-state index in [2.05, 4.69) is 38.8 Å². The molecule has 0 unspecified atom stereocenters. The van der Waals surface area contributed by atoms with Crippen LogP contribution in [0.4, 0.5) is 11.5 Å². The number of carbonyl (C=O) groups excluding carboxylic acids is 1. The van der Waals surface area contributed by atoms with Crippen LogP contribution < -0.4 is 10.6 Å². The van der Waals surface area contributed by atoms with Crippen LogP contribution in [0.25, 0.3) is 11.4 Å². The van der Waals surface area contributed by atoms with Gasteiger partial charge in [-0.15, -0.1) is 0 Å². The van der Waals surface area contributed by atoms with Crippen LogP contribution in [0.5, 0.6) is 0 Å². The van der Waals surface area contributed by atoms with E-state index in [9.17, 15) is 4.79 Å². The maximum absolute atomic E-state index is 12.8. The molecule has 32 heavy (non-hydrogen) atoms. The fraction of sp³-hybridized carbons (Fsp3) is 0.148. The SMILES string of the molecule is O=C(N[C@@H]1CCCc2ccccc21)c1ccc(Nc2ccnc(-c3ccccc3)n2)cc1. The summed E-state index contributed by atoms with van der Waals surface area (Å²) in [6.07, 6.45) is 4.88. The zero-order valence-corrected chi connectivity index (χ0v) is 17.7. The van der Waals surface area contributed by atoms with Gasteiger partial charge < -0.3 is 10.6 Å². The Kier molecular flexibility index (Phi) is 5.62. The van der Waals surface area contributed by atoms with E-state index in [1.54, 1.807) is 6.20 Å². The predicted octanol–water partition coefficient (Wildman–Crippen LogP) is 5.69. The summed E-state index contributed by atoms with van der Waals surface area (Å²) in [4.78, 5) is 21.8. The molecule has 5 rings (SSSR count). The van der Waals surface area contributed by atoms with Crippen LogP contribution in [0.15, 0.2) is 91.1 Å². The highest BCUT2D eigenvalue weighted by molar-refractivity contribution is 5.94. The summed E-state index contributed by atoms with van der Waals surface area (Å²) >= 11 is 0. The second-order valence-corrected chi connectivity index (χ2v) is 7.95. The Morgan fingerprint density at radius 3 is 2.50 bits per heavy atom. The third kappa shape index (κ3) is 4.37. The average molecular weight is 421 g/mol. The van der Waals surface area contributed by atoms with E-state index >= 15 is 0 Å². The molecule has 5 nitrogen and oxygen atoms in total. The van der Waals surface area contributed by atoms with Gasteiger partial charge in [0.1, 0.15) is 5.82 Å². The second-order valence-electron chi connectivity index (χ2n) is 7.95. The van der Waals surface area contributed by atoms with Crippen LogP contribution in [0.2, 0.25) is 0 Å². The molecule has 0 bridgehead atoms. The van der Waals surface area contributed by atoms with Crippen molar-refractivity contribution in [2.75, 3.05) is 5.32 Å². The summed E-state index contributed by atoms with van der Waals surface area (Å²) in [7, 11) is 0. The Hall–Kier alpha value is -3.99. The van der Waals surface area contributed by atoms with Gasteiger partial charge in [-0.05, 0) is 60.7 Å². The van der Waals surface area contributed by atoms with E-state index < -0.39 is 0 Å². The summed E-state index contributed by atoms with van der Waals surface area (Å²) in [5.41, 5.74) is 5.05. The van der Waals surface area contributed by atoms with Gasteiger partial charge in [0.25, 0.3) is 5.91 Å². The lowest BCUT2D eigenvalue weighted by Gasteiger charge is -2.26. The third-order valence-electron chi connectivity index (χ3n) is 5.78. The van der Waals surface area contributed by atoms with E-state index in [0.717, 1.165) is 30.5 Å². The molecule has 5 heteroatoms. The summed E-state index contributed by atoms with van der Waals surface area (Å²) in [6.45, 7) is 0. The normalized spacial score (nSPS) is 14.9. The largest absolute Gasteiger partial charge is 0.345 e. The Morgan fingerprint density at radius 2 is 1.66 bits per heavy atom. The van der Waals surface area contributed by atoms with Gasteiger partial charge in [-0.25, -0.2) is 9.97 Å². The first-order valence-corrected chi connectivity index (χ1v) is 10.9. The average Bonchev–Trinajstić information content (AvgIpc) is 2.85. The number of rotatable bonds is 5. The number of nitrogens with zero attached hydrogens (tertiary/aromatic N) is 2. The van der Waals surface area contributed by atoms with Gasteiger partial charge in [-0.2, -0.15) is 0 Å². The minimum absolute atomic E-state index is 0.0494. The molecular formula is C27H24N4O. The van der Waals surface area contributed by atoms with Gasteiger partial charge in [-0.3, -0.25) is 4.79 Å². The molecule has 1 aliphatic rings. The summed E-state index contributed by atoms with van der Waals surface area (Å²) in [6, 6.07) is 27.6. The van der Waals surface area contributed by atoms with Crippen LogP contribution >= 0.6 is 0 Å². The third-order valence-corrected chi connectivity index (χ3v) is 5.78. The molecule has 0 saturated heterocycles. The molecule has 3 aromatic carbocycles. The molecule has 1 heterocycles. The Balaban J connectivity index is 1.27. The molecule has 1 amide bonds. The topological polar surface area (TPSA) is 66.9 Å². The Bertz CT molecular complexity index is 1220. The van der Waals surface area contributed by atoms with Crippen molar-refractivity contribution in [2.45, 2.75) is 25.3 Å². The Morgan fingerprint density at radius 1 is 0.875 bits per heavy atom. The number of hydrogen-bond donors (Lipinski definition) is 2. The van der Waals surface area contributed by atoms with Crippen molar-refractivity contribution in [1.29, 1.82) is 0 Å². The van der Waals surface area contributed by atoms with Crippen LogP contribution in [-0.2, 0) is 6.42 Å². The maximum atomic E-state index is 12.8. The molecule has 0 spiro atoms. The van der Waals surface area contributed by atoms with Crippen LogP contribution in [0.3, 0.4) is 0 Å². The van der Waals surface area contributed by atoms with Crippen molar-refractivity contribution < 1.29 is 4.79 Å². The molecule has 1 aliphatic carbocycles. The number of fused-ring (bicyclic) bond motifs is 1. The van der Waals surface area contributed by atoms with Crippen molar-refractivity contribution in [3.63, 3.8) is 0 Å². The fourth-order valence-corrected chi connectivity index (χ4v) is 4.15. The molecule has 4 aromatic rings. The minimum Gasteiger partial charge on any atom is -0.345 e. The van der Waals surface area contributed by atoms with Crippen LogP contribution in [0.1, 0.15) is 40.4 Å². The predicted molar refractivity (Wildman–Crippen MR) is 127 cm³/mol. The molecule has 2 N–H and O–H groups in total. The first-order chi connectivity index (χ1) is 15.8. The number of benzene rings is 3. The van der Waals surface area contributed by atoms with Gasteiger partial charge in [-0.1, -0.05) is 54.6 Å². The molecule has 0 saturated carbocycles. The monoisotopic (exact) mass is 420 g/mol. The number of aromatic nitrogens is 2. The van der Waals surface area contributed by atoms with Gasteiger partial charge in [0.15, 0.2) is 5.82 Å². The summed E-state index contributed by atoms with van der Waals surface area (Å²) in [5, 5.41) is 6.50. The lowest BCUT2D eigenvalue weighted by molar-refractivity contribution is 0.0933. The fourth-order valence-electron chi connectivity index (χ4n) is 4.15. The van der Waals surface area contributed by atoms with Crippen LogP contribution in [-0.4, -0.2) is 15.9 Å². The Labute approximate surface area is 187 Å². The van der Waals surface area contributed by atoms with E-state index in [-0.39, 0.29) is 11.9 Å². The molecule has 0 aliphatic heterocycles. The number of amides is 1. The highest BCUT2D eigenvalue weighted by Gasteiger charge is 2.21. The number of anilines is 2. The lowest BCUT2D eigenvalue weighted by atomic mass is 9.87. The van der Waals surface area contributed by atoms with Crippen molar-refractivity contribution in [2.24, 2.45) is 0 Å². The quantitative estimate of drug-likeness (QED) is 0.435. The van der Waals surface area contributed by atoms with Crippen molar-refractivity contribution >= 4 is 17.4 Å². The van der Waals surface area contributed by atoms with Crippen molar-refractivity contribution in [3.8, 4) is 11.4 Å². The van der Waals surface area contributed by atoms with E-state index in [1.807, 2.05) is 66.7 Å². The van der Waals surface area contributed by atoms with Gasteiger partial charge >= 0.3 is 0 Å². The minimum atomic E-state index is -0.0494. The van der Waals surface area contributed by atoms with E-state index in [4.69, 9.17) is 0 Å². The zero-order valence-electron chi connectivity index (χ0n) is 17.7. The molecule has 1 aromatic heterocycles. The maximum Gasteiger partial charge on any atom is 0.251 e. The number of carbonyl (C=O) groups is 1. The van der Waals surface area contributed by atoms with Crippen molar-refractivity contribution in [3.05, 3.63) is 108 Å². The molecule has 1 atom stereocenters. The highest BCUT2D eigenvalue weighted by Crippen LogP contribution is 2.29. The number of nitrogens with one attached hydrogen (secondary N) is 2. The van der Waals surface area contributed by atoms with Crippen LogP contribution in [0, 0.1) is 0 Å². The van der Waals surface area contributed by atoms with E-state index in [0.29, 0.717) is 17.2 Å². The van der Waals surface area contributed by atoms with Crippen molar-refractivity contribution in [1.82, 2.24) is 15.3 Å². The molecule has 0 fully saturated rings. The van der Waals surface area contributed by atoms with Gasteiger partial charge in [0, 0.05) is 23.0 Å². The summed E-state index contributed by atoms with van der Waals surface area (Å²) < 4.78 is 0. The number of hydrogen-bond acceptors (Lipinski definition) is 4.